The van der Waals surface area contributed by atoms with Crippen LogP contribution in [0.15, 0.2) is 29.1 Å². The van der Waals surface area contributed by atoms with Crippen molar-refractivity contribution >= 4 is 17.0 Å². The smallest absolute Gasteiger partial charge is 0.260 e. The molecule has 1 saturated carbocycles. The Balaban J connectivity index is 2.05. The second-order valence-corrected chi connectivity index (χ2v) is 6.96. The number of anilines is 1. The Bertz CT molecular complexity index is 1080. The second-order valence-electron chi connectivity index (χ2n) is 6.96. The fourth-order valence-corrected chi connectivity index (χ4v) is 3.93. The molecule has 7 nitrogen and oxygen atoms in total. The highest BCUT2D eigenvalue weighted by atomic mass is 16.5. The van der Waals surface area contributed by atoms with Gasteiger partial charge in [0.2, 0.25) is 5.95 Å². The minimum absolute atomic E-state index is 0.0328. The molecule has 0 bridgehead atoms. The summed E-state index contributed by atoms with van der Waals surface area (Å²) in [6.45, 7) is 1.87. The van der Waals surface area contributed by atoms with E-state index in [1.54, 1.807) is 16.7 Å². The summed E-state index contributed by atoms with van der Waals surface area (Å²) in [4.78, 5) is 22.1. The SMILES string of the molecule is COc1cc(-c2cc3c(C)nc(N)nc3n(C3CCCC3)c2=O)ccc1O. The molecule has 2 heterocycles. The number of methoxy groups -OCH3 is 1. The number of hydrogen-bond acceptors (Lipinski definition) is 6. The Morgan fingerprint density at radius 2 is 1.96 bits per heavy atom. The molecule has 7 heteroatoms. The number of phenolic OH excluding ortho intramolecular Hbond substituents is 1. The molecular weight excluding hydrogens is 344 g/mol. The number of benzene rings is 1. The molecular formula is C20H22N4O3. The summed E-state index contributed by atoms with van der Waals surface area (Å²) in [7, 11) is 1.48. The Morgan fingerprint density at radius 1 is 1.22 bits per heavy atom. The maximum atomic E-state index is 13.4. The van der Waals surface area contributed by atoms with Crippen LogP contribution in [0, 0.1) is 6.92 Å². The number of nitrogen functional groups attached to an aromatic ring is 1. The van der Waals surface area contributed by atoms with E-state index >= 15 is 0 Å². The van der Waals surface area contributed by atoms with Gasteiger partial charge in [-0.2, -0.15) is 4.98 Å². The van der Waals surface area contributed by atoms with Crippen LogP contribution < -0.4 is 16.0 Å². The molecule has 0 atom stereocenters. The van der Waals surface area contributed by atoms with Gasteiger partial charge in [-0.25, -0.2) is 4.98 Å². The van der Waals surface area contributed by atoms with E-state index in [2.05, 4.69) is 9.97 Å². The molecule has 0 spiro atoms. The highest BCUT2D eigenvalue weighted by molar-refractivity contribution is 5.84. The Labute approximate surface area is 156 Å². The Kier molecular flexibility index (Phi) is 4.22. The number of nitrogens with two attached hydrogens (primary N) is 1. The molecule has 27 heavy (non-hydrogen) atoms. The van der Waals surface area contributed by atoms with Crippen molar-refractivity contribution in [3.63, 3.8) is 0 Å². The van der Waals surface area contributed by atoms with Crippen molar-refractivity contribution in [3.05, 3.63) is 40.3 Å². The third-order valence-corrected chi connectivity index (χ3v) is 5.28. The number of aryl methyl sites for hydroxylation is 1. The summed E-state index contributed by atoms with van der Waals surface area (Å²) in [5.74, 6) is 0.528. The normalized spacial score (nSPS) is 14.7. The van der Waals surface area contributed by atoms with Crippen molar-refractivity contribution in [1.82, 2.24) is 14.5 Å². The zero-order chi connectivity index (χ0) is 19.1. The highest BCUT2D eigenvalue weighted by Crippen LogP contribution is 2.34. The lowest BCUT2D eigenvalue weighted by Gasteiger charge is -2.19. The standard InChI is InChI=1S/C20H22N4O3/c1-11-14-10-15(12-7-8-16(25)17(9-12)27-2)19(26)24(13-5-3-4-6-13)18(14)23-20(21)22-11/h7-10,13,25H,3-6H2,1-2H3,(H2,21,22,23). The van der Waals surface area contributed by atoms with E-state index in [4.69, 9.17) is 10.5 Å². The van der Waals surface area contributed by atoms with Crippen LogP contribution in [0.5, 0.6) is 11.5 Å². The van der Waals surface area contributed by atoms with Crippen LogP contribution in [0.2, 0.25) is 0 Å². The van der Waals surface area contributed by atoms with Crippen LogP contribution in [0.25, 0.3) is 22.2 Å². The van der Waals surface area contributed by atoms with Gasteiger partial charge in [0.1, 0.15) is 5.65 Å². The van der Waals surface area contributed by atoms with Gasteiger partial charge < -0.3 is 15.6 Å². The summed E-state index contributed by atoms with van der Waals surface area (Å²) in [6.07, 6.45) is 4.07. The summed E-state index contributed by atoms with van der Waals surface area (Å²) in [6, 6.07) is 6.83. The monoisotopic (exact) mass is 366 g/mol. The van der Waals surface area contributed by atoms with Gasteiger partial charge in [0.05, 0.1) is 12.8 Å². The maximum absolute atomic E-state index is 13.4. The summed E-state index contributed by atoms with van der Waals surface area (Å²) in [5.41, 5.74) is 8.29. The van der Waals surface area contributed by atoms with Crippen molar-refractivity contribution < 1.29 is 9.84 Å². The number of ether oxygens (including phenoxy) is 1. The fourth-order valence-electron chi connectivity index (χ4n) is 3.93. The van der Waals surface area contributed by atoms with Crippen LogP contribution in [0.3, 0.4) is 0 Å². The molecule has 1 fully saturated rings. The summed E-state index contributed by atoms with van der Waals surface area (Å²) in [5, 5.41) is 10.7. The second kappa shape index (κ2) is 6.57. The van der Waals surface area contributed by atoms with Gasteiger partial charge in [0.25, 0.3) is 5.56 Å². The first-order valence-electron chi connectivity index (χ1n) is 9.06. The van der Waals surface area contributed by atoms with Gasteiger partial charge in [-0.15, -0.1) is 0 Å². The van der Waals surface area contributed by atoms with E-state index in [9.17, 15) is 9.90 Å². The van der Waals surface area contributed by atoms with E-state index in [0.29, 0.717) is 22.5 Å². The van der Waals surface area contributed by atoms with Crippen molar-refractivity contribution in [1.29, 1.82) is 0 Å². The molecule has 1 aliphatic carbocycles. The molecule has 0 amide bonds. The van der Waals surface area contributed by atoms with Crippen LogP contribution in [0.4, 0.5) is 5.95 Å². The van der Waals surface area contributed by atoms with Crippen molar-refractivity contribution in [2.24, 2.45) is 0 Å². The lowest BCUT2D eigenvalue weighted by atomic mass is 10.0. The first-order chi connectivity index (χ1) is 13.0. The number of hydrogen-bond donors (Lipinski definition) is 2. The van der Waals surface area contributed by atoms with Crippen LogP contribution >= 0.6 is 0 Å². The number of rotatable bonds is 3. The molecule has 0 aliphatic heterocycles. The molecule has 2 aromatic heterocycles. The third kappa shape index (κ3) is 2.89. The molecule has 1 aliphatic rings. The van der Waals surface area contributed by atoms with Crippen LogP contribution in [0.1, 0.15) is 37.4 Å². The molecule has 0 saturated heterocycles. The van der Waals surface area contributed by atoms with E-state index in [1.807, 2.05) is 13.0 Å². The molecule has 0 unspecified atom stereocenters. The van der Waals surface area contributed by atoms with E-state index in [0.717, 1.165) is 36.8 Å². The van der Waals surface area contributed by atoms with Gasteiger partial charge in [0.15, 0.2) is 11.5 Å². The average Bonchev–Trinajstić information content (AvgIpc) is 3.16. The number of nitrogens with zero attached hydrogens (tertiary/aromatic N) is 3. The van der Waals surface area contributed by atoms with Gasteiger partial charge in [-0.3, -0.25) is 9.36 Å². The first-order valence-corrected chi connectivity index (χ1v) is 9.06. The van der Waals surface area contributed by atoms with Gasteiger partial charge in [-0.1, -0.05) is 18.9 Å². The van der Waals surface area contributed by atoms with Crippen molar-refractivity contribution in [3.8, 4) is 22.6 Å². The maximum Gasteiger partial charge on any atom is 0.260 e. The third-order valence-electron chi connectivity index (χ3n) is 5.28. The predicted molar refractivity (Wildman–Crippen MR) is 104 cm³/mol. The van der Waals surface area contributed by atoms with E-state index in [-0.39, 0.29) is 23.3 Å². The first kappa shape index (κ1) is 17.3. The summed E-state index contributed by atoms with van der Waals surface area (Å²) < 4.78 is 6.98. The minimum atomic E-state index is -0.111. The van der Waals surface area contributed by atoms with Crippen LogP contribution in [-0.4, -0.2) is 26.8 Å². The molecule has 0 radical (unpaired) electrons. The average molecular weight is 366 g/mol. The quantitative estimate of drug-likeness (QED) is 0.738. The molecule has 3 N–H and O–H groups in total. The number of fused-ring (bicyclic) bond motifs is 1. The van der Waals surface area contributed by atoms with Crippen molar-refractivity contribution in [2.45, 2.75) is 38.6 Å². The number of pyridine rings is 1. The number of phenols is 1. The molecule has 3 aromatic rings. The zero-order valence-electron chi connectivity index (χ0n) is 15.4. The molecule has 1 aromatic carbocycles. The van der Waals surface area contributed by atoms with Gasteiger partial charge in [0, 0.05) is 17.0 Å². The van der Waals surface area contributed by atoms with Crippen molar-refractivity contribution in [2.75, 3.05) is 12.8 Å². The van der Waals surface area contributed by atoms with Gasteiger partial charge >= 0.3 is 0 Å². The van der Waals surface area contributed by atoms with E-state index < -0.39 is 0 Å². The minimum Gasteiger partial charge on any atom is -0.504 e. The molecule has 4 rings (SSSR count). The predicted octanol–water partition coefficient (Wildman–Crippen LogP) is 3.18. The lowest BCUT2D eigenvalue weighted by molar-refractivity contribution is 0.373. The largest absolute Gasteiger partial charge is 0.504 e. The van der Waals surface area contributed by atoms with E-state index in [1.165, 1.54) is 13.2 Å². The lowest BCUT2D eigenvalue weighted by Crippen LogP contribution is -2.26. The fraction of sp³-hybridized carbons (Fsp3) is 0.350. The topological polar surface area (TPSA) is 103 Å². The number of aromatic hydroxyl groups is 1. The highest BCUT2D eigenvalue weighted by Gasteiger charge is 2.24. The summed E-state index contributed by atoms with van der Waals surface area (Å²) >= 11 is 0. The zero-order valence-corrected chi connectivity index (χ0v) is 15.4. The number of aromatic nitrogens is 3. The molecule has 140 valence electrons. The Hall–Kier alpha value is -3.09. The van der Waals surface area contributed by atoms with Gasteiger partial charge in [-0.05, 0) is 43.5 Å². The van der Waals surface area contributed by atoms with Crippen LogP contribution in [-0.2, 0) is 0 Å². The Morgan fingerprint density at radius 3 is 2.67 bits per heavy atom.